The second-order valence-corrected chi connectivity index (χ2v) is 8.15. The molecule has 1 saturated heterocycles. The Bertz CT molecular complexity index is 759. The lowest BCUT2D eigenvalue weighted by Gasteiger charge is -2.36. The van der Waals surface area contributed by atoms with Crippen LogP contribution >= 0.6 is 11.6 Å². The van der Waals surface area contributed by atoms with Gasteiger partial charge in [-0.05, 0) is 31.2 Å². The van der Waals surface area contributed by atoms with Crippen molar-refractivity contribution in [1.82, 2.24) is 19.9 Å². The average Bonchev–Trinajstić information content (AvgIpc) is 3.12. The Kier molecular flexibility index (Phi) is 5.34. The van der Waals surface area contributed by atoms with E-state index in [2.05, 4.69) is 42.7 Å². The predicted octanol–water partition coefficient (Wildman–Crippen LogP) is 3.54. The summed E-state index contributed by atoms with van der Waals surface area (Å²) >= 11 is 5.89. The Balaban J connectivity index is 1.60. The monoisotopic (exact) mass is 376 g/mol. The zero-order chi connectivity index (χ0) is 18.9. The summed E-state index contributed by atoms with van der Waals surface area (Å²) < 4.78 is 5.47. The summed E-state index contributed by atoms with van der Waals surface area (Å²) in [6.45, 7) is 11.1. The lowest BCUT2D eigenvalue weighted by molar-refractivity contribution is 0.0551. The predicted molar refractivity (Wildman–Crippen MR) is 100 cm³/mol. The second kappa shape index (κ2) is 7.37. The van der Waals surface area contributed by atoms with E-state index >= 15 is 0 Å². The fourth-order valence-electron chi connectivity index (χ4n) is 2.95. The molecule has 1 fully saturated rings. The Labute approximate surface area is 159 Å². The van der Waals surface area contributed by atoms with Crippen LogP contribution in [0.25, 0.3) is 0 Å². The van der Waals surface area contributed by atoms with Crippen LogP contribution in [-0.2, 0) is 5.41 Å². The van der Waals surface area contributed by atoms with Crippen LogP contribution in [0.2, 0.25) is 5.02 Å². The fraction of sp³-hybridized carbons (Fsp3) is 0.526. The van der Waals surface area contributed by atoms with Gasteiger partial charge in [0.05, 0.1) is 6.04 Å². The van der Waals surface area contributed by atoms with Gasteiger partial charge in [-0.1, -0.05) is 37.5 Å². The van der Waals surface area contributed by atoms with E-state index in [1.54, 1.807) is 24.3 Å². The first-order valence-electron chi connectivity index (χ1n) is 8.88. The maximum absolute atomic E-state index is 12.6. The van der Waals surface area contributed by atoms with Crippen molar-refractivity contribution in [3.05, 3.63) is 46.6 Å². The van der Waals surface area contributed by atoms with Gasteiger partial charge in [-0.25, -0.2) is 0 Å². The number of rotatable bonds is 3. The van der Waals surface area contributed by atoms with Crippen LogP contribution < -0.4 is 0 Å². The number of halogens is 1. The van der Waals surface area contributed by atoms with Crippen molar-refractivity contribution in [3.8, 4) is 0 Å². The van der Waals surface area contributed by atoms with E-state index in [0.717, 1.165) is 18.9 Å². The molecule has 0 saturated carbocycles. The SMILES string of the molecule is CC(c1nc(C(C)(C)C)no1)N1CCN(C(=O)c2ccc(Cl)cc2)CC1. The standard InChI is InChI=1S/C19H25ClN4O2/c1-13(16-21-18(22-26-16)19(2,3)4)23-9-11-24(12-10-23)17(25)14-5-7-15(20)8-6-14/h5-8,13H,9-12H2,1-4H3. The highest BCUT2D eigenvalue weighted by Gasteiger charge is 2.29. The number of amides is 1. The minimum atomic E-state index is -0.134. The molecule has 2 heterocycles. The molecule has 3 rings (SSSR count). The Morgan fingerprint density at radius 1 is 1.15 bits per heavy atom. The quantitative estimate of drug-likeness (QED) is 0.819. The van der Waals surface area contributed by atoms with Crippen LogP contribution in [-0.4, -0.2) is 52.0 Å². The molecule has 0 radical (unpaired) electrons. The highest BCUT2D eigenvalue weighted by molar-refractivity contribution is 6.30. The molecule has 1 atom stereocenters. The Morgan fingerprint density at radius 3 is 2.31 bits per heavy atom. The molecule has 1 amide bonds. The molecule has 0 aliphatic carbocycles. The molecule has 6 nitrogen and oxygen atoms in total. The lowest BCUT2D eigenvalue weighted by Crippen LogP contribution is -2.49. The molecule has 0 bridgehead atoms. The second-order valence-electron chi connectivity index (χ2n) is 7.72. The van der Waals surface area contributed by atoms with Crippen molar-refractivity contribution in [2.24, 2.45) is 0 Å². The van der Waals surface area contributed by atoms with Crippen molar-refractivity contribution >= 4 is 17.5 Å². The zero-order valence-electron chi connectivity index (χ0n) is 15.7. The van der Waals surface area contributed by atoms with Gasteiger partial charge in [0.1, 0.15) is 0 Å². The van der Waals surface area contributed by atoms with Crippen molar-refractivity contribution < 1.29 is 9.32 Å². The number of hydrogen-bond acceptors (Lipinski definition) is 5. The van der Waals surface area contributed by atoms with Crippen LogP contribution in [0.4, 0.5) is 0 Å². The Hall–Kier alpha value is -1.92. The smallest absolute Gasteiger partial charge is 0.253 e. The summed E-state index contributed by atoms with van der Waals surface area (Å²) in [5, 5.41) is 4.74. The summed E-state index contributed by atoms with van der Waals surface area (Å²) in [5.74, 6) is 1.39. The first-order chi connectivity index (χ1) is 12.3. The molecular weight excluding hydrogens is 352 g/mol. The number of piperazine rings is 1. The molecule has 2 aromatic rings. The van der Waals surface area contributed by atoms with Gasteiger partial charge in [0.25, 0.3) is 5.91 Å². The highest BCUT2D eigenvalue weighted by atomic mass is 35.5. The molecule has 26 heavy (non-hydrogen) atoms. The van der Waals surface area contributed by atoms with E-state index in [1.165, 1.54) is 0 Å². The summed E-state index contributed by atoms with van der Waals surface area (Å²) in [5.41, 5.74) is 0.535. The molecule has 0 spiro atoms. The topological polar surface area (TPSA) is 62.5 Å². The van der Waals surface area contributed by atoms with Gasteiger partial charge in [0.15, 0.2) is 5.82 Å². The first-order valence-corrected chi connectivity index (χ1v) is 9.26. The number of carbonyl (C=O) groups is 1. The molecule has 1 aromatic heterocycles. The zero-order valence-corrected chi connectivity index (χ0v) is 16.5. The minimum Gasteiger partial charge on any atom is -0.338 e. The third kappa shape index (κ3) is 4.07. The summed E-state index contributed by atoms with van der Waals surface area (Å²) in [7, 11) is 0. The van der Waals surface area contributed by atoms with Crippen molar-refractivity contribution in [3.63, 3.8) is 0 Å². The van der Waals surface area contributed by atoms with Crippen LogP contribution in [0, 0.1) is 0 Å². The maximum Gasteiger partial charge on any atom is 0.253 e. The van der Waals surface area contributed by atoms with Crippen LogP contribution in [0.1, 0.15) is 55.8 Å². The van der Waals surface area contributed by atoms with E-state index in [9.17, 15) is 4.79 Å². The van der Waals surface area contributed by atoms with E-state index in [-0.39, 0.29) is 17.4 Å². The van der Waals surface area contributed by atoms with Gasteiger partial charge < -0.3 is 9.42 Å². The number of hydrogen-bond donors (Lipinski definition) is 0. The van der Waals surface area contributed by atoms with Gasteiger partial charge in [0.2, 0.25) is 5.89 Å². The molecule has 1 aliphatic heterocycles. The van der Waals surface area contributed by atoms with Crippen LogP contribution in [0.5, 0.6) is 0 Å². The minimum absolute atomic E-state index is 0.0337. The molecule has 1 aromatic carbocycles. The summed E-state index contributed by atoms with van der Waals surface area (Å²) in [6.07, 6.45) is 0. The van der Waals surface area contributed by atoms with E-state index in [1.807, 2.05) is 4.90 Å². The van der Waals surface area contributed by atoms with Gasteiger partial charge in [0, 0.05) is 42.2 Å². The third-order valence-electron chi connectivity index (χ3n) is 4.71. The molecule has 140 valence electrons. The van der Waals surface area contributed by atoms with Gasteiger partial charge in [-0.3, -0.25) is 9.69 Å². The molecule has 1 aliphatic rings. The Morgan fingerprint density at radius 2 is 1.77 bits per heavy atom. The third-order valence-corrected chi connectivity index (χ3v) is 4.96. The highest BCUT2D eigenvalue weighted by Crippen LogP contribution is 2.24. The maximum atomic E-state index is 12.6. The van der Waals surface area contributed by atoms with Gasteiger partial charge in [-0.2, -0.15) is 4.98 Å². The van der Waals surface area contributed by atoms with Crippen molar-refractivity contribution in [1.29, 1.82) is 0 Å². The van der Waals surface area contributed by atoms with E-state index < -0.39 is 0 Å². The molecule has 7 heteroatoms. The largest absolute Gasteiger partial charge is 0.338 e. The van der Waals surface area contributed by atoms with E-state index in [0.29, 0.717) is 29.6 Å². The van der Waals surface area contributed by atoms with Crippen molar-refractivity contribution in [2.45, 2.75) is 39.2 Å². The summed E-state index contributed by atoms with van der Waals surface area (Å²) in [4.78, 5) is 21.3. The number of benzene rings is 1. The normalized spacial score (nSPS) is 17.3. The first kappa shape index (κ1) is 18.9. The number of nitrogens with zero attached hydrogens (tertiary/aromatic N) is 4. The average molecular weight is 377 g/mol. The number of carbonyl (C=O) groups excluding carboxylic acids is 1. The van der Waals surface area contributed by atoms with Crippen molar-refractivity contribution in [2.75, 3.05) is 26.2 Å². The fourth-order valence-corrected chi connectivity index (χ4v) is 3.08. The van der Waals surface area contributed by atoms with Crippen LogP contribution in [0.3, 0.4) is 0 Å². The lowest BCUT2D eigenvalue weighted by atomic mass is 9.96. The van der Waals surface area contributed by atoms with Crippen LogP contribution in [0.15, 0.2) is 28.8 Å². The molecule has 1 unspecified atom stereocenters. The van der Waals surface area contributed by atoms with Gasteiger partial charge in [-0.15, -0.1) is 0 Å². The van der Waals surface area contributed by atoms with E-state index in [4.69, 9.17) is 16.1 Å². The number of aromatic nitrogens is 2. The van der Waals surface area contributed by atoms with Gasteiger partial charge >= 0.3 is 0 Å². The summed E-state index contributed by atoms with van der Waals surface area (Å²) in [6, 6.07) is 7.06. The molecule has 0 N–H and O–H groups in total. The molecular formula is C19H25ClN4O2.